The topological polar surface area (TPSA) is 48.1 Å². The van der Waals surface area contributed by atoms with E-state index in [4.69, 9.17) is 10.5 Å². The van der Waals surface area contributed by atoms with E-state index in [1.165, 1.54) is 0 Å². The first kappa shape index (κ1) is 13.9. The summed E-state index contributed by atoms with van der Waals surface area (Å²) in [7, 11) is 0. The van der Waals surface area contributed by atoms with Gasteiger partial charge in [-0.15, -0.1) is 0 Å². The fraction of sp³-hybridized carbons (Fsp3) is 0.154. The molecule has 0 aliphatic heterocycles. The smallest absolute Gasteiger partial charge is 0.191 e. The first-order valence-electron chi connectivity index (χ1n) is 5.51. The Morgan fingerprint density at radius 2 is 1.89 bits per heavy atom. The third-order valence-electron chi connectivity index (χ3n) is 2.45. The van der Waals surface area contributed by atoms with Crippen LogP contribution in [-0.4, -0.2) is 4.98 Å². The summed E-state index contributed by atoms with van der Waals surface area (Å²) in [5.74, 6) is -1.95. The molecule has 2 rings (SSSR count). The minimum Gasteiger partial charge on any atom is -0.481 e. The summed E-state index contributed by atoms with van der Waals surface area (Å²) in [5, 5.41) is 0. The van der Waals surface area contributed by atoms with Crippen LogP contribution in [0, 0.1) is 11.6 Å². The minimum absolute atomic E-state index is 0.0108. The van der Waals surface area contributed by atoms with E-state index in [-0.39, 0.29) is 13.2 Å². The number of hydrogen-bond acceptors (Lipinski definition) is 3. The molecule has 0 bridgehead atoms. The Bertz CT molecular complexity index is 552. The number of rotatable bonds is 4. The molecule has 19 heavy (non-hydrogen) atoms. The van der Waals surface area contributed by atoms with Gasteiger partial charge < -0.3 is 10.5 Å². The van der Waals surface area contributed by atoms with E-state index in [0.29, 0.717) is 11.3 Å². The summed E-state index contributed by atoms with van der Waals surface area (Å²) in [6.45, 7) is 0.0610. The Kier molecular flexibility index (Phi) is 4.44. The maximum atomic E-state index is 13.6. The lowest BCUT2D eigenvalue weighted by Crippen LogP contribution is -2.04. The van der Waals surface area contributed by atoms with Gasteiger partial charge in [-0.3, -0.25) is 4.98 Å². The number of halogens is 3. The summed E-state index contributed by atoms with van der Waals surface area (Å²) in [4.78, 5) is 4.05. The molecule has 0 aliphatic carbocycles. The lowest BCUT2D eigenvalue weighted by molar-refractivity contribution is 0.270. The number of benzene rings is 1. The number of hydrogen-bond donors (Lipinski definition) is 1. The minimum atomic E-state index is -0.766. The van der Waals surface area contributed by atoms with Gasteiger partial charge in [0, 0.05) is 17.2 Å². The maximum Gasteiger partial charge on any atom is 0.191 e. The zero-order valence-corrected chi connectivity index (χ0v) is 11.5. The lowest BCUT2D eigenvalue weighted by atomic mass is 10.2. The van der Waals surface area contributed by atoms with Crippen LogP contribution in [0.2, 0.25) is 0 Å². The first-order valence-corrected chi connectivity index (χ1v) is 6.30. The second-order valence-electron chi connectivity index (χ2n) is 3.85. The molecule has 0 saturated heterocycles. The van der Waals surface area contributed by atoms with E-state index in [2.05, 4.69) is 20.9 Å². The highest BCUT2D eigenvalue weighted by atomic mass is 79.9. The summed E-state index contributed by atoms with van der Waals surface area (Å²) < 4.78 is 33.2. The Morgan fingerprint density at radius 3 is 2.42 bits per heavy atom. The fourth-order valence-corrected chi connectivity index (χ4v) is 1.74. The third-order valence-corrected chi connectivity index (χ3v) is 2.92. The highest BCUT2D eigenvalue weighted by Crippen LogP contribution is 2.24. The molecule has 1 aromatic carbocycles. The van der Waals surface area contributed by atoms with Crippen LogP contribution in [0.1, 0.15) is 11.3 Å². The Labute approximate surface area is 117 Å². The van der Waals surface area contributed by atoms with Gasteiger partial charge in [0.2, 0.25) is 0 Å². The molecule has 6 heteroatoms. The van der Waals surface area contributed by atoms with Crippen LogP contribution >= 0.6 is 15.9 Å². The standard InChI is InChI=1S/C13H11BrF2N2O/c14-9-1-2-10(18-6-9)7-19-13-11(15)3-8(5-17)4-12(13)16/h1-4,6H,5,7,17H2. The van der Waals surface area contributed by atoms with Gasteiger partial charge in [-0.25, -0.2) is 8.78 Å². The molecule has 2 aromatic rings. The van der Waals surface area contributed by atoms with Crippen LogP contribution < -0.4 is 10.5 Å². The Hall–Kier alpha value is -1.53. The number of nitrogens with two attached hydrogens (primary N) is 1. The lowest BCUT2D eigenvalue weighted by Gasteiger charge is -2.09. The molecule has 1 aromatic heterocycles. The normalized spacial score (nSPS) is 10.5. The van der Waals surface area contributed by atoms with E-state index in [0.717, 1.165) is 16.6 Å². The van der Waals surface area contributed by atoms with Gasteiger partial charge in [-0.1, -0.05) is 0 Å². The van der Waals surface area contributed by atoms with Crippen molar-refractivity contribution < 1.29 is 13.5 Å². The quantitative estimate of drug-likeness (QED) is 0.937. The SMILES string of the molecule is NCc1cc(F)c(OCc2ccc(Br)cn2)c(F)c1. The average Bonchev–Trinajstić information content (AvgIpc) is 2.39. The molecule has 0 aliphatic rings. The molecule has 0 unspecified atom stereocenters. The van der Waals surface area contributed by atoms with Crippen molar-refractivity contribution in [1.29, 1.82) is 0 Å². The molecule has 0 spiro atoms. The Morgan fingerprint density at radius 1 is 1.21 bits per heavy atom. The molecular weight excluding hydrogens is 318 g/mol. The molecule has 0 fully saturated rings. The van der Waals surface area contributed by atoms with Crippen LogP contribution in [0.5, 0.6) is 5.75 Å². The largest absolute Gasteiger partial charge is 0.481 e. The van der Waals surface area contributed by atoms with Crippen LogP contribution in [0.25, 0.3) is 0 Å². The number of pyridine rings is 1. The molecule has 2 N–H and O–H groups in total. The van der Waals surface area contributed by atoms with Crippen molar-refractivity contribution in [2.45, 2.75) is 13.2 Å². The molecule has 3 nitrogen and oxygen atoms in total. The number of nitrogens with zero attached hydrogens (tertiary/aromatic N) is 1. The molecule has 0 atom stereocenters. The maximum absolute atomic E-state index is 13.6. The summed E-state index contributed by atoms with van der Waals surface area (Å²) >= 11 is 3.25. The fourth-order valence-electron chi connectivity index (χ4n) is 1.51. The van der Waals surface area contributed by atoms with E-state index < -0.39 is 17.4 Å². The molecular formula is C13H11BrF2N2O. The van der Waals surface area contributed by atoms with E-state index in [1.807, 2.05) is 0 Å². The van der Waals surface area contributed by atoms with Crippen molar-refractivity contribution in [3.05, 3.63) is 57.8 Å². The highest BCUT2D eigenvalue weighted by molar-refractivity contribution is 9.10. The van der Waals surface area contributed by atoms with E-state index in [9.17, 15) is 8.78 Å². The van der Waals surface area contributed by atoms with E-state index in [1.54, 1.807) is 18.3 Å². The zero-order valence-electron chi connectivity index (χ0n) is 9.87. The van der Waals surface area contributed by atoms with Gasteiger partial charge in [-0.05, 0) is 45.8 Å². The molecule has 100 valence electrons. The van der Waals surface area contributed by atoms with Gasteiger partial charge >= 0.3 is 0 Å². The molecule has 0 radical (unpaired) electrons. The second-order valence-corrected chi connectivity index (χ2v) is 4.76. The van der Waals surface area contributed by atoms with Gasteiger partial charge in [0.1, 0.15) is 6.61 Å². The van der Waals surface area contributed by atoms with Crippen molar-refractivity contribution in [1.82, 2.24) is 4.98 Å². The first-order chi connectivity index (χ1) is 9.10. The molecule has 0 amide bonds. The average molecular weight is 329 g/mol. The third kappa shape index (κ3) is 3.48. The van der Waals surface area contributed by atoms with Gasteiger partial charge in [0.25, 0.3) is 0 Å². The molecule has 0 saturated carbocycles. The summed E-state index contributed by atoms with van der Waals surface area (Å²) in [5.41, 5.74) is 6.28. The van der Waals surface area contributed by atoms with Crippen molar-refractivity contribution in [2.24, 2.45) is 5.73 Å². The predicted molar refractivity (Wildman–Crippen MR) is 70.5 cm³/mol. The molecule has 1 heterocycles. The second kappa shape index (κ2) is 6.08. The summed E-state index contributed by atoms with van der Waals surface area (Å²) in [6, 6.07) is 5.80. The predicted octanol–water partition coefficient (Wildman–Crippen LogP) is 3.16. The highest BCUT2D eigenvalue weighted by Gasteiger charge is 2.12. The van der Waals surface area contributed by atoms with Crippen molar-refractivity contribution in [2.75, 3.05) is 0 Å². The van der Waals surface area contributed by atoms with Gasteiger partial charge in [0.15, 0.2) is 17.4 Å². The van der Waals surface area contributed by atoms with Gasteiger partial charge in [0.05, 0.1) is 5.69 Å². The van der Waals surface area contributed by atoms with Crippen LogP contribution in [0.3, 0.4) is 0 Å². The number of ether oxygens (including phenoxy) is 1. The monoisotopic (exact) mass is 328 g/mol. The van der Waals surface area contributed by atoms with Crippen molar-refractivity contribution in [3.63, 3.8) is 0 Å². The van der Waals surface area contributed by atoms with Crippen LogP contribution in [0.15, 0.2) is 34.9 Å². The van der Waals surface area contributed by atoms with Crippen LogP contribution in [0.4, 0.5) is 8.78 Å². The van der Waals surface area contributed by atoms with Crippen LogP contribution in [-0.2, 0) is 13.2 Å². The van der Waals surface area contributed by atoms with Gasteiger partial charge in [-0.2, -0.15) is 0 Å². The zero-order chi connectivity index (χ0) is 13.8. The Balaban J connectivity index is 2.13. The van der Waals surface area contributed by atoms with E-state index >= 15 is 0 Å². The van der Waals surface area contributed by atoms with Crippen molar-refractivity contribution in [3.8, 4) is 5.75 Å². The summed E-state index contributed by atoms with van der Waals surface area (Å²) in [6.07, 6.45) is 1.59. The van der Waals surface area contributed by atoms with Crippen molar-refractivity contribution >= 4 is 15.9 Å². The number of aromatic nitrogens is 1.